The molecule has 4 heteroatoms. The zero-order valence-corrected chi connectivity index (χ0v) is 9.85. The number of hydrogen-bond donors (Lipinski definition) is 1. The number of halogens is 1. The molecule has 0 aliphatic carbocycles. The van der Waals surface area contributed by atoms with E-state index < -0.39 is 8.32 Å². The van der Waals surface area contributed by atoms with E-state index in [2.05, 4.69) is 19.6 Å². The van der Waals surface area contributed by atoms with E-state index in [0.717, 1.165) is 0 Å². The third-order valence-electron chi connectivity index (χ3n) is 1.37. The SMILES string of the molecule is C[Si](C)(C)Oc1cc(N)ccc1Cl. The molecule has 2 nitrogen and oxygen atoms in total. The standard InChI is InChI=1S/C9H14ClNOSi/c1-13(2,3)12-9-6-7(11)4-5-8(9)10/h4-6H,11H2,1-3H3. The van der Waals surface area contributed by atoms with Gasteiger partial charge in [-0.05, 0) is 31.8 Å². The molecule has 72 valence electrons. The van der Waals surface area contributed by atoms with Crippen LogP contribution in [-0.4, -0.2) is 8.32 Å². The topological polar surface area (TPSA) is 35.2 Å². The molecule has 0 bridgehead atoms. The maximum Gasteiger partial charge on any atom is 0.242 e. The summed E-state index contributed by atoms with van der Waals surface area (Å²) < 4.78 is 5.74. The summed E-state index contributed by atoms with van der Waals surface area (Å²) >= 11 is 5.94. The summed E-state index contributed by atoms with van der Waals surface area (Å²) in [5, 5.41) is 0.622. The molecule has 1 rings (SSSR count). The fourth-order valence-electron chi connectivity index (χ4n) is 0.928. The highest BCUT2D eigenvalue weighted by molar-refractivity contribution is 6.70. The molecule has 0 fully saturated rings. The third-order valence-corrected chi connectivity index (χ3v) is 2.52. The van der Waals surface area contributed by atoms with Gasteiger partial charge in [-0.3, -0.25) is 0 Å². The molecular formula is C9H14ClNOSi. The molecule has 1 aromatic rings. The minimum absolute atomic E-state index is 0.622. The van der Waals surface area contributed by atoms with Crippen LogP contribution in [0.3, 0.4) is 0 Å². The van der Waals surface area contributed by atoms with Crippen molar-refractivity contribution in [3.8, 4) is 5.75 Å². The lowest BCUT2D eigenvalue weighted by Crippen LogP contribution is -2.29. The Morgan fingerprint density at radius 1 is 1.31 bits per heavy atom. The van der Waals surface area contributed by atoms with Crippen molar-refractivity contribution in [1.82, 2.24) is 0 Å². The van der Waals surface area contributed by atoms with Gasteiger partial charge in [0.15, 0.2) is 0 Å². The van der Waals surface area contributed by atoms with Crippen LogP contribution < -0.4 is 10.2 Å². The second kappa shape index (κ2) is 3.60. The predicted molar refractivity (Wildman–Crippen MR) is 59.8 cm³/mol. The van der Waals surface area contributed by atoms with E-state index in [0.29, 0.717) is 16.5 Å². The molecule has 13 heavy (non-hydrogen) atoms. The Kier molecular flexibility index (Phi) is 2.88. The van der Waals surface area contributed by atoms with Crippen LogP contribution in [-0.2, 0) is 0 Å². The molecule has 0 saturated carbocycles. The number of nitrogen functional groups attached to an aromatic ring is 1. The van der Waals surface area contributed by atoms with E-state index in [1.165, 1.54) is 0 Å². The van der Waals surface area contributed by atoms with Crippen molar-refractivity contribution in [1.29, 1.82) is 0 Å². The Morgan fingerprint density at radius 2 is 1.92 bits per heavy atom. The summed E-state index contributed by atoms with van der Waals surface area (Å²) in [6.07, 6.45) is 0. The molecule has 0 atom stereocenters. The van der Waals surface area contributed by atoms with Crippen LogP contribution in [0, 0.1) is 0 Å². The molecular weight excluding hydrogens is 202 g/mol. The summed E-state index contributed by atoms with van der Waals surface area (Å²) in [6.45, 7) is 6.31. The molecule has 0 radical (unpaired) electrons. The van der Waals surface area contributed by atoms with E-state index in [9.17, 15) is 0 Å². The zero-order chi connectivity index (χ0) is 10.1. The fourth-order valence-corrected chi connectivity index (χ4v) is 1.98. The van der Waals surface area contributed by atoms with Crippen LogP contribution in [0.25, 0.3) is 0 Å². The van der Waals surface area contributed by atoms with E-state index in [1.807, 2.05) is 0 Å². The molecule has 0 spiro atoms. The molecule has 0 aromatic heterocycles. The molecule has 0 unspecified atom stereocenters. The summed E-state index contributed by atoms with van der Waals surface area (Å²) in [4.78, 5) is 0. The largest absolute Gasteiger partial charge is 0.543 e. The molecule has 0 amide bonds. The van der Waals surface area contributed by atoms with Crippen LogP contribution in [0.2, 0.25) is 24.7 Å². The van der Waals surface area contributed by atoms with Gasteiger partial charge in [0.2, 0.25) is 8.32 Å². The van der Waals surface area contributed by atoms with E-state index >= 15 is 0 Å². The Labute approximate surface area is 84.8 Å². The first-order valence-electron chi connectivity index (χ1n) is 4.12. The lowest BCUT2D eigenvalue weighted by Gasteiger charge is -2.20. The predicted octanol–water partition coefficient (Wildman–Crippen LogP) is 3.14. The van der Waals surface area contributed by atoms with Crippen molar-refractivity contribution in [2.45, 2.75) is 19.6 Å². The van der Waals surface area contributed by atoms with Crippen LogP contribution in [0.1, 0.15) is 0 Å². The Balaban J connectivity index is 2.94. The van der Waals surface area contributed by atoms with Gasteiger partial charge in [-0.15, -0.1) is 0 Å². The summed E-state index contributed by atoms with van der Waals surface area (Å²) in [5.41, 5.74) is 6.30. The number of nitrogens with two attached hydrogens (primary N) is 1. The maximum absolute atomic E-state index is 5.94. The van der Waals surface area contributed by atoms with Crippen LogP contribution in [0.4, 0.5) is 5.69 Å². The van der Waals surface area contributed by atoms with Gasteiger partial charge in [-0.25, -0.2) is 0 Å². The van der Waals surface area contributed by atoms with Crippen LogP contribution in [0.5, 0.6) is 5.75 Å². The highest BCUT2D eigenvalue weighted by Crippen LogP contribution is 2.28. The Bertz CT molecular complexity index is 309. The first kappa shape index (κ1) is 10.4. The van der Waals surface area contributed by atoms with Gasteiger partial charge < -0.3 is 10.2 Å². The molecule has 0 saturated heterocycles. The normalized spacial score (nSPS) is 11.4. The highest BCUT2D eigenvalue weighted by Gasteiger charge is 2.17. The van der Waals surface area contributed by atoms with Crippen molar-refractivity contribution in [2.75, 3.05) is 5.73 Å². The smallest absolute Gasteiger partial charge is 0.242 e. The van der Waals surface area contributed by atoms with Gasteiger partial charge in [-0.2, -0.15) is 0 Å². The molecule has 0 aliphatic rings. The average Bonchev–Trinajstić information content (AvgIpc) is 1.94. The van der Waals surface area contributed by atoms with Crippen molar-refractivity contribution in [3.05, 3.63) is 23.2 Å². The van der Waals surface area contributed by atoms with Gasteiger partial charge in [0.05, 0.1) is 5.02 Å². The quantitative estimate of drug-likeness (QED) is 0.608. The maximum atomic E-state index is 5.94. The second-order valence-corrected chi connectivity index (χ2v) is 8.74. The monoisotopic (exact) mass is 215 g/mol. The number of anilines is 1. The molecule has 2 N–H and O–H groups in total. The van der Waals surface area contributed by atoms with Gasteiger partial charge in [0.25, 0.3) is 0 Å². The molecule has 0 heterocycles. The number of rotatable bonds is 2. The minimum atomic E-state index is -1.59. The van der Waals surface area contributed by atoms with Crippen LogP contribution >= 0.6 is 11.6 Å². The molecule has 0 aliphatic heterocycles. The minimum Gasteiger partial charge on any atom is -0.543 e. The van der Waals surface area contributed by atoms with Gasteiger partial charge in [-0.1, -0.05) is 11.6 Å². The second-order valence-electron chi connectivity index (χ2n) is 3.90. The fraction of sp³-hybridized carbons (Fsp3) is 0.333. The molecule has 1 aromatic carbocycles. The van der Waals surface area contributed by atoms with Gasteiger partial charge >= 0.3 is 0 Å². The van der Waals surface area contributed by atoms with Crippen molar-refractivity contribution < 1.29 is 4.43 Å². The lowest BCUT2D eigenvalue weighted by atomic mass is 10.3. The number of benzene rings is 1. The van der Waals surface area contributed by atoms with Crippen molar-refractivity contribution in [2.24, 2.45) is 0 Å². The lowest BCUT2D eigenvalue weighted by molar-refractivity contribution is 0.558. The first-order valence-corrected chi connectivity index (χ1v) is 7.91. The number of hydrogen-bond acceptors (Lipinski definition) is 2. The van der Waals surface area contributed by atoms with E-state index in [1.54, 1.807) is 18.2 Å². The first-order chi connectivity index (χ1) is 5.88. The summed E-state index contributed by atoms with van der Waals surface area (Å²) in [7, 11) is -1.59. The zero-order valence-electron chi connectivity index (χ0n) is 8.10. The van der Waals surface area contributed by atoms with E-state index in [-0.39, 0.29) is 0 Å². The third kappa shape index (κ3) is 3.28. The highest BCUT2D eigenvalue weighted by atomic mass is 35.5. The Hall–Kier alpha value is -0.673. The summed E-state index contributed by atoms with van der Waals surface area (Å²) in [5.74, 6) is 0.695. The van der Waals surface area contributed by atoms with Gasteiger partial charge in [0, 0.05) is 11.8 Å². The Morgan fingerprint density at radius 3 is 2.46 bits per heavy atom. The van der Waals surface area contributed by atoms with Crippen molar-refractivity contribution in [3.63, 3.8) is 0 Å². The van der Waals surface area contributed by atoms with Gasteiger partial charge in [0.1, 0.15) is 5.75 Å². The van der Waals surface area contributed by atoms with Crippen LogP contribution in [0.15, 0.2) is 18.2 Å². The summed E-state index contributed by atoms with van der Waals surface area (Å²) in [6, 6.07) is 5.28. The van der Waals surface area contributed by atoms with E-state index in [4.69, 9.17) is 21.8 Å². The van der Waals surface area contributed by atoms with Crippen molar-refractivity contribution >= 4 is 25.6 Å². The average molecular weight is 216 g/mol.